The van der Waals surface area contributed by atoms with Gasteiger partial charge in [0.1, 0.15) is 0 Å². The van der Waals surface area contributed by atoms with Crippen molar-refractivity contribution in [3.63, 3.8) is 0 Å². The smallest absolute Gasteiger partial charge is 0.216 e. The minimum atomic E-state index is -0.0269. The van der Waals surface area contributed by atoms with Gasteiger partial charge >= 0.3 is 0 Å². The minimum absolute atomic E-state index is 0.0269. The molecule has 0 aliphatic rings. The Labute approximate surface area is 149 Å². The molecule has 23 heavy (non-hydrogen) atoms. The highest BCUT2D eigenvalue weighted by Gasteiger charge is 2.08. The standard InChI is InChI=1S/C18H18BrNO2S/c1-13(21)20-11-10-14-6-8-15(9-7-14)17(22)12-23-18-5-3-2-4-16(18)19/h2-9H,10-12H2,1H3,(H,20,21). The van der Waals surface area contributed by atoms with E-state index in [2.05, 4.69) is 21.2 Å². The minimum Gasteiger partial charge on any atom is -0.356 e. The summed E-state index contributed by atoms with van der Waals surface area (Å²) >= 11 is 5.01. The van der Waals surface area contributed by atoms with Crippen LogP contribution in [0.5, 0.6) is 0 Å². The highest BCUT2D eigenvalue weighted by molar-refractivity contribution is 9.10. The van der Waals surface area contributed by atoms with Crippen molar-refractivity contribution in [2.24, 2.45) is 0 Å². The summed E-state index contributed by atoms with van der Waals surface area (Å²) in [7, 11) is 0. The number of halogens is 1. The predicted molar refractivity (Wildman–Crippen MR) is 98.0 cm³/mol. The van der Waals surface area contributed by atoms with Gasteiger partial charge in [0.25, 0.3) is 0 Å². The van der Waals surface area contributed by atoms with Crippen molar-refractivity contribution in [2.75, 3.05) is 12.3 Å². The van der Waals surface area contributed by atoms with Crippen LogP contribution in [0.2, 0.25) is 0 Å². The number of carbonyl (C=O) groups excluding carboxylic acids is 2. The first-order valence-electron chi connectivity index (χ1n) is 7.30. The van der Waals surface area contributed by atoms with Crippen molar-refractivity contribution >= 4 is 39.4 Å². The van der Waals surface area contributed by atoms with Gasteiger partial charge in [0.05, 0.1) is 5.75 Å². The van der Waals surface area contributed by atoms with Crippen molar-refractivity contribution in [3.8, 4) is 0 Å². The maximum absolute atomic E-state index is 12.3. The lowest BCUT2D eigenvalue weighted by molar-refractivity contribution is -0.118. The molecule has 0 saturated carbocycles. The van der Waals surface area contributed by atoms with E-state index in [1.807, 2.05) is 48.5 Å². The van der Waals surface area contributed by atoms with E-state index in [4.69, 9.17) is 0 Å². The van der Waals surface area contributed by atoms with Crippen molar-refractivity contribution in [3.05, 3.63) is 64.1 Å². The van der Waals surface area contributed by atoms with Crippen molar-refractivity contribution < 1.29 is 9.59 Å². The molecule has 0 heterocycles. The molecule has 3 nitrogen and oxygen atoms in total. The summed E-state index contributed by atoms with van der Waals surface area (Å²) in [5.74, 6) is 0.494. The number of benzene rings is 2. The zero-order chi connectivity index (χ0) is 16.7. The number of amides is 1. The van der Waals surface area contributed by atoms with Gasteiger partial charge in [0.2, 0.25) is 5.91 Å². The summed E-state index contributed by atoms with van der Waals surface area (Å²) in [4.78, 5) is 24.1. The van der Waals surface area contributed by atoms with Crippen LogP contribution in [0, 0.1) is 0 Å². The Balaban J connectivity index is 1.87. The van der Waals surface area contributed by atoms with Crippen molar-refractivity contribution in [2.45, 2.75) is 18.2 Å². The molecule has 0 fully saturated rings. The molecule has 2 rings (SSSR count). The molecule has 1 amide bonds. The topological polar surface area (TPSA) is 46.2 Å². The fraction of sp³-hybridized carbons (Fsp3) is 0.222. The van der Waals surface area contributed by atoms with E-state index in [0.29, 0.717) is 17.9 Å². The van der Waals surface area contributed by atoms with Gasteiger partial charge in [-0.05, 0) is 40.0 Å². The van der Waals surface area contributed by atoms with Crippen LogP contribution >= 0.6 is 27.7 Å². The molecule has 0 radical (unpaired) electrons. The van der Waals surface area contributed by atoms with Crippen molar-refractivity contribution in [1.29, 1.82) is 0 Å². The molecule has 120 valence electrons. The molecule has 0 atom stereocenters. The molecule has 0 aromatic heterocycles. The second-order valence-electron chi connectivity index (χ2n) is 5.07. The second kappa shape index (κ2) is 8.89. The van der Waals surface area contributed by atoms with Gasteiger partial charge in [-0.1, -0.05) is 36.4 Å². The third-order valence-corrected chi connectivity index (χ3v) is 5.29. The van der Waals surface area contributed by atoms with Gasteiger partial charge in [-0.15, -0.1) is 11.8 Å². The molecule has 1 N–H and O–H groups in total. The highest BCUT2D eigenvalue weighted by Crippen LogP contribution is 2.27. The molecular formula is C18H18BrNO2S. The molecule has 0 bridgehead atoms. The van der Waals surface area contributed by atoms with Crippen LogP contribution in [0.4, 0.5) is 0 Å². The maximum atomic E-state index is 12.3. The number of hydrogen-bond donors (Lipinski definition) is 1. The van der Waals surface area contributed by atoms with E-state index in [1.54, 1.807) is 0 Å². The predicted octanol–water partition coefficient (Wildman–Crippen LogP) is 4.10. The van der Waals surface area contributed by atoms with E-state index >= 15 is 0 Å². The van der Waals surface area contributed by atoms with E-state index in [9.17, 15) is 9.59 Å². The monoisotopic (exact) mass is 391 g/mol. The van der Waals surface area contributed by atoms with E-state index in [1.165, 1.54) is 18.7 Å². The largest absolute Gasteiger partial charge is 0.356 e. The highest BCUT2D eigenvalue weighted by atomic mass is 79.9. The lowest BCUT2D eigenvalue weighted by Crippen LogP contribution is -2.22. The van der Waals surface area contributed by atoms with Gasteiger partial charge in [-0.3, -0.25) is 9.59 Å². The van der Waals surface area contributed by atoms with E-state index in [0.717, 1.165) is 21.4 Å². The second-order valence-corrected chi connectivity index (χ2v) is 6.94. The third kappa shape index (κ3) is 5.84. The maximum Gasteiger partial charge on any atom is 0.216 e. The van der Waals surface area contributed by atoms with Gasteiger partial charge in [0.15, 0.2) is 5.78 Å². The third-order valence-electron chi connectivity index (χ3n) is 3.26. The summed E-state index contributed by atoms with van der Waals surface area (Å²) in [6.45, 7) is 2.12. The number of Topliss-reactive ketones (excluding diaryl/α,β-unsaturated/α-hetero) is 1. The fourth-order valence-corrected chi connectivity index (χ4v) is 3.49. The lowest BCUT2D eigenvalue weighted by atomic mass is 10.1. The Kier molecular flexibility index (Phi) is 6.86. The Morgan fingerprint density at radius 1 is 1.09 bits per heavy atom. The summed E-state index contributed by atoms with van der Waals surface area (Å²) in [6.07, 6.45) is 0.764. The van der Waals surface area contributed by atoms with Crippen LogP contribution in [-0.4, -0.2) is 24.0 Å². The van der Waals surface area contributed by atoms with E-state index in [-0.39, 0.29) is 11.7 Å². The molecule has 0 saturated heterocycles. The number of carbonyl (C=O) groups is 2. The fourth-order valence-electron chi connectivity index (χ4n) is 2.03. The Hall–Kier alpha value is -1.59. The van der Waals surface area contributed by atoms with E-state index < -0.39 is 0 Å². The molecular weight excluding hydrogens is 374 g/mol. The SMILES string of the molecule is CC(=O)NCCc1ccc(C(=O)CSc2ccccc2Br)cc1. The molecule has 2 aromatic rings. The first-order chi connectivity index (χ1) is 11.1. The number of hydrogen-bond acceptors (Lipinski definition) is 3. The van der Waals surface area contributed by atoms with Gasteiger partial charge in [0, 0.05) is 28.4 Å². The van der Waals surface area contributed by atoms with Crippen LogP contribution in [0.1, 0.15) is 22.8 Å². The number of ketones is 1. The van der Waals surface area contributed by atoms with Crippen LogP contribution in [0.15, 0.2) is 57.9 Å². The first-order valence-corrected chi connectivity index (χ1v) is 9.08. The normalized spacial score (nSPS) is 10.3. The van der Waals surface area contributed by atoms with Crippen molar-refractivity contribution in [1.82, 2.24) is 5.32 Å². The Bertz CT molecular complexity index is 686. The van der Waals surface area contributed by atoms with Crippen LogP contribution in [0.25, 0.3) is 0 Å². The number of thioether (sulfide) groups is 1. The summed E-state index contributed by atoms with van der Waals surface area (Å²) in [5.41, 5.74) is 1.82. The lowest BCUT2D eigenvalue weighted by Gasteiger charge is -2.06. The molecule has 2 aromatic carbocycles. The zero-order valence-corrected chi connectivity index (χ0v) is 15.2. The molecule has 0 unspecified atom stereocenters. The molecule has 0 aliphatic heterocycles. The Morgan fingerprint density at radius 2 is 1.78 bits per heavy atom. The number of nitrogens with one attached hydrogen (secondary N) is 1. The molecule has 5 heteroatoms. The van der Waals surface area contributed by atoms with Crippen LogP contribution in [-0.2, 0) is 11.2 Å². The summed E-state index contributed by atoms with van der Waals surface area (Å²) < 4.78 is 1.01. The summed E-state index contributed by atoms with van der Waals surface area (Å²) in [5, 5.41) is 2.76. The Morgan fingerprint density at radius 3 is 2.43 bits per heavy atom. The quantitative estimate of drug-likeness (QED) is 0.570. The molecule has 0 aliphatic carbocycles. The first kappa shape index (κ1) is 17.8. The van der Waals surface area contributed by atoms with Gasteiger partial charge in [-0.2, -0.15) is 0 Å². The molecule has 0 spiro atoms. The van der Waals surface area contributed by atoms with Gasteiger partial charge in [-0.25, -0.2) is 0 Å². The zero-order valence-electron chi connectivity index (χ0n) is 12.8. The number of rotatable bonds is 7. The van der Waals surface area contributed by atoms with Gasteiger partial charge < -0.3 is 5.32 Å². The average molecular weight is 392 g/mol. The average Bonchev–Trinajstić information content (AvgIpc) is 2.54. The summed E-state index contributed by atoms with van der Waals surface area (Å²) in [6, 6.07) is 15.5. The van der Waals surface area contributed by atoms with Crippen LogP contribution in [0.3, 0.4) is 0 Å². The van der Waals surface area contributed by atoms with Crippen LogP contribution < -0.4 is 5.32 Å².